The van der Waals surface area contributed by atoms with Crippen molar-refractivity contribution in [2.75, 3.05) is 13.7 Å². The number of hydrogen-bond acceptors (Lipinski definition) is 3. The normalized spacial score (nSPS) is 19.1. The first kappa shape index (κ1) is 19.2. The van der Waals surface area contributed by atoms with Crippen molar-refractivity contribution in [3.8, 4) is 5.75 Å². The molecule has 0 saturated carbocycles. The van der Waals surface area contributed by atoms with Gasteiger partial charge in [-0.05, 0) is 55.3 Å². The Hall–Kier alpha value is -1.56. The number of aliphatic carboxylic acids is 1. The van der Waals surface area contributed by atoms with Crippen LogP contribution in [-0.2, 0) is 4.79 Å². The minimum absolute atomic E-state index is 0.221. The van der Waals surface area contributed by atoms with Crippen LogP contribution in [0.15, 0.2) is 46.9 Å². The lowest BCUT2D eigenvalue weighted by Crippen LogP contribution is -2.46. The number of carboxylic acid groups (broad SMARTS) is 1. The summed E-state index contributed by atoms with van der Waals surface area (Å²) in [7, 11) is 1.64. The number of hydrogen-bond donors (Lipinski definition) is 1. The molecule has 26 heavy (non-hydrogen) atoms. The van der Waals surface area contributed by atoms with Crippen LogP contribution in [0.3, 0.4) is 0 Å². The van der Waals surface area contributed by atoms with Gasteiger partial charge in [0.05, 0.1) is 13.2 Å². The molecule has 1 fully saturated rings. The van der Waals surface area contributed by atoms with Gasteiger partial charge in [0.1, 0.15) is 11.8 Å². The Morgan fingerprint density at radius 3 is 2.65 bits per heavy atom. The standard InChI is InChI=1S/C20H21BrClNO3/c1-26-18-10-7-14(21)12-16(18)19(13-5-8-15(22)9-6-13)23-11-3-2-4-17(23)20(24)25/h5-10,12,17,19H,2-4,11H2,1H3,(H,24,25). The van der Waals surface area contributed by atoms with E-state index in [1.807, 2.05) is 42.5 Å². The summed E-state index contributed by atoms with van der Waals surface area (Å²) < 4.78 is 6.52. The molecule has 6 heteroatoms. The highest BCUT2D eigenvalue weighted by Gasteiger charge is 2.36. The Labute approximate surface area is 166 Å². The molecule has 2 aromatic rings. The van der Waals surface area contributed by atoms with Crippen molar-refractivity contribution in [2.24, 2.45) is 0 Å². The maximum Gasteiger partial charge on any atom is 0.320 e. The highest BCUT2D eigenvalue weighted by Crippen LogP contribution is 2.39. The molecule has 0 aliphatic carbocycles. The van der Waals surface area contributed by atoms with Crippen LogP contribution in [0.4, 0.5) is 0 Å². The molecule has 1 N–H and O–H groups in total. The second kappa shape index (κ2) is 8.42. The predicted molar refractivity (Wildman–Crippen MR) is 106 cm³/mol. The number of benzene rings is 2. The molecule has 2 aromatic carbocycles. The van der Waals surface area contributed by atoms with Crippen LogP contribution in [0.1, 0.15) is 36.4 Å². The fourth-order valence-electron chi connectivity index (χ4n) is 3.64. The maximum atomic E-state index is 11.9. The molecule has 138 valence electrons. The zero-order valence-electron chi connectivity index (χ0n) is 14.5. The van der Waals surface area contributed by atoms with Crippen molar-refractivity contribution in [2.45, 2.75) is 31.3 Å². The van der Waals surface area contributed by atoms with Crippen LogP contribution in [0.5, 0.6) is 5.75 Å². The minimum Gasteiger partial charge on any atom is -0.496 e. The second-order valence-electron chi connectivity index (χ2n) is 6.43. The number of methoxy groups -OCH3 is 1. The summed E-state index contributed by atoms with van der Waals surface area (Å²) in [5.74, 6) is -0.0412. The van der Waals surface area contributed by atoms with Gasteiger partial charge in [-0.15, -0.1) is 0 Å². The number of likely N-dealkylation sites (tertiary alicyclic amines) is 1. The van der Waals surface area contributed by atoms with Crippen LogP contribution in [0.25, 0.3) is 0 Å². The lowest BCUT2D eigenvalue weighted by atomic mass is 9.91. The van der Waals surface area contributed by atoms with E-state index in [1.165, 1.54) is 0 Å². The molecule has 0 aromatic heterocycles. The summed E-state index contributed by atoms with van der Waals surface area (Å²) in [5, 5.41) is 10.4. The first-order valence-electron chi connectivity index (χ1n) is 8.58. The Balaban J connectivity index is 2.15. The molecule has 0 bridgehead atoms. The van der Waals surface area contributed by atoms with E-state index < -0.39 is 12.0 Å². The molecule has 1 aliphatic heterocycles. The topological polar surface area (TPSA) is 49.8 Å². The van der Waals surface area contributed by atoms with Crippen LogP contribution in [0.2, 0.25) is 5.02 Å². The lowest BCUT2D eigenvalue weighted by Gasteiger charge is -2.40. The van der Waals surface area contributed by atoms with E-state index in [9.17, 15) is 9.90 Å². The van der Waals surface area contributed by atoms with Crippen LogP contribution in [-0.4, -0.2) is 35.7 Å². The average molecular weight is 439 g/mol. The predicted octanol–water partition coefficient (Wildman–Crippen LogP) is 5.14. The van der Waals surface area contributed by atoms with Gasteiger partial charge in [0, 0.05) is 15.1 Å². The van der Waals surface area contributed by atoms with E-state index in [0.29, 0.717) is 11.4 Å². The zero-order chi connectivity index (χ0) is 18.7. The number of carbonyl (C=O) groups is 1. The van der Waals surface area contributed by atoms with Crippen LogP contribution in [0, 0.1) is 0 Å². The Bertz CT molecular complexity index is 781. The summed E-state index contributed by atoms with van der Waals surface area (Å²) in [6.07, 6.45) is 2.55. The van der Waals surface area contributed by atoms with Crippen LogP contribution >= 0.6 is 27.5 Å². The quantitative estimate of drug-likeness (QED) is 0.702. The van der Waals surface area contributed by atoms with Crippen molar-refractivity contribution in [1.29, 1.82) is 0 Å². The van der Waals surface area contributed by atoms with E-state index in [1.54, 1.807) is 7.11 Å². The SMILES string of the molecule is COc1ccc(Br)cc1C(c1ccc(Cl)cc1)N1CCCCC1C(=O)O. The molecule has 3 rings (SSSR count). The number of nitrogens with zero attached hydrogens (tertiary/aromatic N) is 1. The minimum atomic E-state index is -0.780. The molecule has 4 nitrogen and oxygen atoms in total. The number of rotatable bonds is 5. The first-order valence-corrected chi connectivity index (χ1v) is 9.76. The molecule has 0 spiro atoms. The molecule has 0 amide bonds. The molecule has 2 unspecified atom stereocenters. The van der Waals surface area contributed by atoms with E-state index in [4.69, 9.17) is 16.3 Å². The molecule has 1 aliphatic rings. The van der Waals surface area contributed by atoms with Gasteiger partial charge in [-0.2, -0.15) is 0 Å². The first-order chi connectivity index (χ1) is 12.5. The highest BCUT2D eigenvalue weighted by atomic mass is 79.9. The van der Waals surface area contributed by atoms with Gasteiger partial charge in [-0.3, -0.25) is 9.69 Å². The zero-order valence-corrected chi connectivity index (χ0v) is 16.8. The van der Waals surface area contributed by atoms with Crippen molar-refractivity contribution in [3.05, 3.63) is 63.1 Å². The van der Waals surface area contributed by atoms with Gasteiger partial charge in [0.25, 0.3) is 0 Å². The van der Waals surface area contributed by atoms with E-state index in [2.05, 4.69) is 20.8 Å². The summed E-state index contributed by atoms with van der Waals surface area (Å²) in [6.45, 7) is 0.722. The van der Waals surface area contributed by atoms with Crippen molar-refractivity contribution >= 4 is 33.5 Å². The van der Waals surface area contributed by atoms with E-state index in [0.717, 1.165) is 40.7 Å². The van der Waals surface area contributed by atoms with Gasteiger partial charge in [0.15, 0.2) is 0 Å². The third-order valence-electron chi connectivity index (χ3n) is 4.83. The third kappa shape index (κ3) is 4.05. The molecule has 1 heterocycles. The monoisotopic (exact) mass is 437 g/mol. The van der Waals surface area contributed by atoms with Gasteiger partial charge in [0.2, 0.25) is 0 Å². The number of piperidine rings is 1. The van der Waals surface area contributed by atoms with Gasteiger partial charge >= 0.3 is 5.97 Å². The fraction of sp³-hybridized carbons (Fsp3) is 0.350. The van der Waals surface area contributed by atoms with Gasteiger partial charge in [-0.25, -0.2) is 0 Å². The largest absolute Gasteiger partial charge is 0.496 e. The molecule has 1 saturated heterocycles. The molecule has 2 atom stereocenters. The molecule has 0 radical (unpaired) electrons. The summed E-state index contributed by atoms with van der Waals surface area (Å²) >= 11 is 9.61. The van der Waals surface area contributed by atoms with Crippen molar-refractivity contribution in [3.63, 3.8) is 0 Å². The van der Waals surface area contributed by atoms with Crippen LogP contribution < -0.4 is 4.74 Å². The molecular weight excluding hydrogens is 418 g/mol. The maximum absolute atomic E-state index is 11.9. The van der Waals surface area contributed by atoms with E-state index in [-0.39, 0.29) is 6.04 Å². The number of halogens is 2. The van der Waals surface area contributed by atoms with E-state index >= 15 is 0 Å². The van der Waals surface area contributed by atoms with Crippen molar-refractivity contribution < 1.29 is 14.6 Å². The third-order valence-corrected chi connectivity index (χ3v) is 5.58. The number of carboxylic acids is 1. The highest BCUT2D eigenvalue weighted by molar-refractivity contribution is 9.10. The average Bonchev–Trinajstić information content (AvgIpc) is 2.64. The molecular formula is C20H21BrClNO3. The van der Waals surface area contributed by atoms with Crippen molar-refractivity contribution in [1.82, 2.24) is 4.90 Å². The summed E-state index contributed by atoms with van der Waals surface area (Å²) in [5.41, 5.74) is 1.94. The van der Waals surface area contributed by atoms with Gasteiger partial charge in [-0.1, -0.05) is 46.1 Å². The fourth-order valence-corrected chi connectivity index (χ4v) is 4.15. The summed E-state index contributed by atoms with van der Waals surface area (Å²) in [4.78, 5) is 14.0. The van der Waals surface area contributed by atoms with Gasteiger partial charge < -0.3 is 9.84 Å². The Morgan fingerprint density at radius 2 is 2.00 bits per heavy atom. The smallest absolute Gasteiger partial charge is 0.320 e. The lowest BCUT2D eigenvalue weighted by molar-refractivity contribution is -0.145. The number of ether oxygens (including phenoxy) is 1. The Morgan fingerprint density at radius 1 is 1.27 bits per heavy atom. The Kier molecular flexibility index (Phi) is 6.22. The summed E-state index contributed by atoms with van der Waals surface area (Å²) in [6, 6.07) is 12.7. The second-order valence-corrected chi connectivity index (χ2v) is 7.78.